The summed E-state index contributed by atoms with van der Waals surface area (Å²) in [5.41, 5.74) is 0. The predicted molar refractivity (Wildman–Crippen MR) is 30.9 cm³/mol. The Labute approximate surface area is 103 Å². The van der Waals surface area contributed by atoms with Gasteiger partial charge in [0, 0.05) is 0 Å². The Bertz CT molecular complexity index is 108. The van der Waals surface area contributed by atoms with Crippen LogP contribution in [-0.2, 0) is 13.6 Å². The van der Waals surface area contributed by atoms with Crippen LogP contribution in [0, 0.1) is 0 Å². The van der Waals surface area contributed by atoms with E-state index in [1.165, 1.54) is 0 Å². The van der Waals surface area contributed by atoms with Gasteiger partial charge in [0.15, 0.2) is 0 Å². The second kappa shape index (κ2) is 7.40. The van der Waals surface area contributed by atoms with Crippen LogP contribution in [0.2, 0.25) is 0 Å². The fourth-order valence-corrected chi connectivity index (χ4v) is 1.06. The zero-order valence-electron chi connectivity index (χ0n) is 6.49. The number of phosphoric ester groups is 1. The van der Waals surface area contributed by atoms with Crippen molar-refractivity contribution in [2.75, 3.05) is 13.2 Å². The van der Waals surface area contributed by atoms with E-state index in [4.69, 9.17) is 0 Å². The van der Waals surface area contributed by atoms with Gasteiger partial charge < -0.3 is 13.9 Å². The van der Waals surface area contributed by atoms with Crippen molar-refractivity contribution in [1.29, 1.82) is 0 Å². The number of hydrogen-bond acceptors (Lipinski definition) is 4. The van der Waals surface area contributed by atoms with Gasteiger partial charge in [-0.15, -0.1) is 0 Å². The van der Waals surface area contributed by atoms with E-state index >= 15 is 0 Å². The maximum absolute atomic E-state index is 10.4. The Morgan fingerprint density at radius 1 is 1.30 bits per heavy atom. The average molecular weight is 192 g/mol. The van der Waals surface area contributed by atoms with Crippen molar-refractivity contribution in [3.8, 4) is 0 Å². The van der Waals surface area contributed by atoms with Gasteiger partial charge in [-0.2, -0.15) is 0 Å². The summed E-state index contributed by atoms with van der Waals surface area (Å²) in [5, 5.41) is 0. The zero-order chi connectivity index (χ0) is 7.33. The molecule has 0 saturated heterocycles. The van der Waals surface area contributed by atoms with Gasteiger partial charge in [-0.3, -0.25) is 4.57 Å². The molecule has 0 bridgehead atoms. The van der Waals surface area contributed by atoms with Crippen molar-refractivity contribution in [2.24, 2.45) is 0 Å². The molecule has 10 heavy (non-hydrogen) atoms. The van der Waals surface area contributed by atoms with E-state index in [-0.39, 0.29) is 64.6 Å². The smallest absolute Gasteiger partial charge is 0.756 e. The minimum atomic E-state index is -3.94. The normalized spacial score (nSPS) is 10.7. The van der Waals surface area contributed by atoms with Crippen molar-refractivity contribution < 1.29 is 69.9 Å². The van der Waals surface area contributed by atoms with Crippen LogP contribution in [0.15, 0.2) is 0 Å². The molecule has 0 unspecified atom stereocenters. The van der Waals surface area contributed by atoms with Gasteiger partial charge in [-0.05, 0) is 13.8 Å². The SMILES string of the molecule is CCOP(=O)([O-])OCC.[K+]. The van der Waals surface area contributed by atoms with Crippen LogP contribution in [0.3, 0.4) is 0 Å². The van der Waals surface area contributed by atoms with Crippen LogP contribution in [0.4, 0.5) is 0 Å². The molecule has 0 aliphatic carbocycles. The van der Waals surface area contributed by atoms with Crippen LogP contribution in [-0.4, -0.2) is 13.2 Å². The Morgan fingerprint density at radius 3 is 1.80 bits per heavy atom. The molecule has 0 N–H and O–H groups in total. The van der Waals surface area contributed by atoms with Gasteiger partial charge in [-0.1, -0.05) is 0 Å². The molecule has 0 aliphatic rings. The van der Waals surface area contributed by atoms with Crippen molar-refractivity contribution in [3.63, 3.8) is 0 Å². The van der Waals surface area contributed by atoms with Gasteiger partial charge in [-0.25, -0.2) is 0 Å². The summed E-state index contributed by atoms with van der Waals surface area (Å²) in [6.07, 6.45) is 0. The first-order valence-electron chi connectivity index (χ1n) is 2.72. The summed E-state index contributed by atoms with van der Waals surface area (Å²) in [6, 6.07) is 0. The van der Waals surface area contributed by atoms with Crippen molar-refractivity contribution in [2.45, 2.75) is 13.8 Å². The first-order chi connectivity index (χ1) is 4.12. The molecule has 0 aromatic carbocycles. The molecular formula is C4H10KO4P. The quantitative estimate of drug-likeness (QED) is 0.366. The van der Waals surface area contributed by atoms with Crippen LogP contribution in [0.25, 0.3) is 0 Å². The maximum Gasteiger partial charge on any atom is 1.00 e. The Balaban J connectivity index is 0. The molecule has 0 aromatic rings. The van der Waals surface area contributed by atoms with Gasteiger partial charge in [0.1, 0.15) is 0 Å². The Morgan fingerprint density at radius 2 is 1.60 bits per heavy atom. The van der Waals surface area contributed by atoms with E-state index < -0.39 is 7.82 Å². The van der Waals surface area contributed by atoms with Crippen LogP contribution < -0.4 is 56.3 Å². The maximum atomic E-state index is 10.4. The molecule has 0 amide bonds. The van der Waals surface area contributed by atoms with Gasteiger partial charge in [0.25, 0.3) is 7.82 Å². The standard InChI is InChI=1S/C4H11O4P.K/c1-3-7-9(5,6)8-4-2;/h3-4H2,1-2H3,(H,5,6);/q;+1/p-1. The molecule has 0 aliphatic heterocycles. The molecule has 0 heterocycles. The number of rotatable bonds is 4. The van der Waals surface area contributed by atoms with E-state index in [2.05, 4.69) is 9.05 Å². The van der Waals surface area contributed by atoms with Crippen molar-refractivity contribution in [3.05, 3.63) is 0 Å². The van der Waals surface area contributed by atoms with Crippen molar-refractivity contribution in [1.82, 2.24) is 0 Å². The molecule has 4 nitrogen and oxygen atoms in total. The summed E-state index contributed by atoms with van der Waals surface area (Å²) in [5.74, 6) is 0. The third-order valence-electron chi connectivity index (χ3n) is 0.574. The zero-order valence-corrected chi connectivity index (χ0v) is 10.5. The molecule has 56 valence electrons. The monoisotopic (exact) mass is 192 g/mol. The summed E-state index contributed by atoms with van der Waals surface area (Å²) in [6.45, 7) is 3.43. The number of hydrogen-bond donors (Lipinski definition) is 0. The first kappa shape index (κ1) is 14.3. The molecule has 0 aromatic heterocycles. The van der Waals surface area contributed by atoms with Crippen LogP contribution in [0.1, 0.15) is 13.8 Å². The molecule has 0 atom stereocenters. The van der Waals surface area contributed by atoms with E-state index in [0.717, 1.165) is 0 Å². The van der Waals surface area contributed by atoms with Crippen LogP contribution >= 0.6 is 7.82 Å². The minimum absolute atomic E-state index is 0. The van der Waals surface area contributed by atoms with E-state index in [1.807, 2.05) is 0 Å². The van der Waals surface area contributed by atoms with E-state index in [0.29, 0.717) is 0 Å². The topological polar surface area (TPSA) is 58.6 Å². The van der Waals surface area contributed by atoms with Gasteiger partial charge in [0.05, 0.1) is 13.2 Å². The Kier molecular flexibility index (Phi) is 10.6. The van der Waals surface area contributed by atoms with Gasteiger partial charge in [0.2, 0.25) is 0 Å². The summed E-state index contributed by atoms with van der Waals surface area (Å²) in [7, 11) is -3.94. The molecule has 6 heteroatoms. The summed E-state index contributed by atoms with van der Waals surface area (Å²) < 4.78 is 18.9. The third kappa shape index (κ3) is 7.85. The van der Waals surface area contributed by atoms with Gasteiger partial charge >= 0.3 is 51.4 Å². The molecular weight excluding hydrogens is 182 g/mol. The molecule has 0 rings (SSSR count). The largest absolute Gasteiger partial charge is 1.00 e. The molecule has 0 radical (unpaired) electrons. The molecule has 0 fully saturated rings. The third-order valence-corrected chi connectivity index (χ3v) is 1.72. The second-order valence-electron chi connectivity index (χ2n) is 1.28. The minimum Gasteiger partial charge on any atom is -0.756 e. The second-order valence-corrected chi connectivity index (χ2v) is 2.69. The Hall–Kier alpha value is 1.75. The van der Waals surface area contributed by atoms with Crippen LogP contribution in [0.5, 0.6) is 0 Å². The van der Waals surface area contributed by atoms with E-state index in [1.54, 1.807) is 13.8 Å². The average Bonchev–Trinajstić information content (AvgIpc) is 1.64. The number of phosphoric acid groups is 1. The predicted octanol–water partition coefficient (Wildman–Crippen LogP) is -2.47. The van der Waals surface area contributed by atoms with Crippen molar-refractivity contribution >= 4 is 7.82 Å². The molecule has 0 spiro atoms. The molecule has 0 saturated carbocycles. The fraction of sp³-hybridized carbons (Fsp3) is 1.00. The first-order valence-corrected chi connectivity index (χ1v) is 4.18. The fourth-order valence-electron chi connectivity index (χ4n) is 0.353. The summed E-state index contributed by atoms with van der Waals surface area (Å²) >= 11 is 0. The van der Waals surface area contributed by atoms with E-state index in [9.17, 15) is 9.46 Å². The summed E-state index contributed by atoms with van der Waals surface area (Å²) in [4.78, 5) is 10.4.